The Hall–Kier alpha value is -0.160. The van der Waals surface area contributed by atoms with Gasteiger partial charge in [0.05, 0.1) is 6.61 Å². The van der Waals surface area contributed by atoms with E-state index in [0.717, 1.165) is 32.7 Å². The first-order chi connectivity index (χ1) is 8.74. The summed E-state index contributed by atoms with van der Waals surface area (Å²) < 4.78 is 10.3. The van der Waals surface area contributed by atoms with Crippen LogP contribution in [0.4, 0.5) is 0 Å². The lowest BCUT2D eigenvalue weighted by molar-refractivity contribution is 0.131. The smallest absolute Gasteiger partial charge is 0.0589 e. The highest BCUT2D eigenvalue weighted by Crippen LogP contribution is 2.03. The molecular formula is C14H32N2O2. The molecule has 0 heterocycles. The maximum Gasteiger partial charge on any atom is 0.0589 e. The number of nitrogens with zero attached hydrogens (tertiary/aromatic N) is 1. The molecular weight excluding hydrogens is 228 g/mol. The van der Waals surface area contributed by atoms with Crippen molar-refractivity contribution in [2.45, 2.75) is 38.6 Å². The fraction of sp³-hybridized carbons (Fsp3) is 1.00. The summed E-state index contributed by atoms with van der Waals surface area (Å²) in [6.45, 7) is 7.21. The molecule has 0 aromatic heterocycles. The lowest BCUT2D eigenvalue weighted by Gasteiger charge is -2.22. The Bertz CT molecular complexity index is 168. The van der Waals surface area contributed by atoms with Gasteiger partial charge in [-0.15, -0.1) is 0 Å². The minimum Gasteiger partial charge on any atom is -0.385 e. The highest BCUT2D eigenvalue weighted by atomic mass is 16.5. The van der Waals surface area contributed by atoms with Crippen LogP contribution >= 0.6 is 0 Å². The molecule has 0 rings (SSSR count). The highest BCUT2D eigenvalue weighted by molar-refractivity contribution is 4.61. The van der Waals surface area contributed by atoms with Gasteiger partial charge in [0.25, 0.3) is 0 Å². The van der Waals surface area contributed by atoms with Gasteiger partial charge in [-0.25, -0.2) is 0 Å². The maximum atomic E-state index is 5.16. The maximum absolute atomic E-state index is 5.16. The number of nitrogens with one attached hydrogen (secondary N) is 1. The van der Waals surface area contributed by atoms with E-state index in [1.807, 2.05) is 7.05 Å². The average molecular weight is 260 g/mol. The van der Waals surface area contributed by atoms with Crippen molar-refractivity contribution in [1.82, 2.24) is 10.2 Å². The highest BCUT2D eigenvalue weighted by Gasteiger charge is 2.05. The van der Waals surface area contributed by atoms with Crippen molar-refractivity contribution in [3.63, 3.8) is 0 Å². The molecule has 0 saturated carbocycles. The summed E-state index contributed by atoms with van der Waals surface area (Å²) in [5, 5.41) is 3.28. The quantitative estimate of drug-likeness (QED) is 0.512. The normalized spacial score (nSPS) is 13.2. The van der Waals surface area contributed by atoms with Crippen molar-refractivity contribution in [1.29, 1.82) is 0 Å². The Kier molecular flexibility index (Phi) is 13.2. The van der Waals surface area contributed by atoms with Crippen LogP contribution in [-0.2, 0) is 9.47 Å². The monoisotopic (exact) mass is 260 g/mol. The molecule has 4 heteroatoms. The zero-order valence-electron chi connectivity index (χ0n) is 12.7. The van der Waals surface area contributed by atoms with E-state index in [-0.39, 0.29) is 0 Å². The average Bonchev–Trinajstić information content (AvgIpc) is 2.39. The van der Waals surface area contributed by atoms with Gasteiger partial charge in [0.15, 0.2) is 0 Å². The molecule has 4 nitrogen and oxygen atoms in total. The Morgan fingerprint density at radius 3 is 2.22 bits per heavy atom. The molecule has 0 saturated heterocycles. The van der Waals surface area contributed by atoms with Crippen molar-refractivity contribution in [2.75, 3.05) is 54.1 Å². The molecule has 18 heavy (non-hydrogen) atoms. The summed E-state index contributed by atoms with van der Waals surface area (Å²) in [6, 6.07) is 0.630. The van der Waals surface area contributed by atoms with E-state index < -0.39 is 0 Å². The van der Waals surface area contributed by atoms with E-state index in [0.29, 0.717) is 6.04 Å². The molecule has 0 bridgehead atoms. The summed E-state index contributed by atoms with van der Waals surface area (Å²) >= 11 is 0. The van der Waals surface area contributed by atoms with Crippen LogP contribution in [0.3, 0.4) is 0 Å². The van der Waals surface area contributed by atoms with Crippen LogP contribution in [0.1, 0.15) is 32.6 Å². The van der Waals surface area contributed by atoms with Gasteiger partial charge in [0, 0.05) is 40.0 Å². The fourth-order valence-corrected chi connectivity index (χ4v) is 1.92. The third-order valence-corrected chi connectivity index (χ3v) is 3.29. The molecule has 0 spiro atoms. The Morgan fingerprint density at radius 2 is 1.61 bits per heavy atom. The number of hydrogen-bond donors (Lipinski definition) is 1. The predicted molar refractivity (Wildman–Crippen MR) is 77.2 cm³/mol. The van der Waals surface area contributed by atoms with E-state index in [4.69, 9.17) is 9.47 Å². The Balaban J connectivity index is 3.64. The zero-order chi connectivity index (χ0) is 13.6. The predicted octanol–water partition coefficient (Wildman–Crippen LogP) is 1.75. The van der Waals surface area contributed by atoms with E-state index >= 15 is 0 Å². The van der Waals surface area contributed by atoms with Gasteiger partial charge < -0.3 is 19.7 Å². The minimum absolute atomic E-state index is 0.630. The second-order valence-electron chi connectivity index (χ2n) is 4.87. The molecule has 0 radical (unpaired) electrons. The first-order valence-corrected chi connectivity index (χ1v) is 7.12. The molecule has 0 aliphatic carbocycles. The molecule has 0 aromatic carbocycles. The van der Waals surface area contributed by atoms with Crippen molar-refractivity contribution in [3.8, 4) is 0 Å². The number of rotatable bonds is 13. The summed E-state index contributed by atoms with van der Waals surface area (Å²) in [5.41, 5.74) is 0. The van der Waals surface area contributed by atoms with Crippen LogP contribution < -0.4 is 5.32 Å². The molecule has 1 N–H and O–H groups in total. The fourth-order valence-electron chi connectivity index (χ4n) is 1.92. The number of ether oxygens (including phenoxy) is 2. The van der Waals surface area contributed by atoms with Crippen LogP contribution in [0, 0.1) is 0 Å². The third kappa shape index (κ3) is 11.0. The van der Waals surface area contributed by atoms with Gasteiger partial charge in [-0.1, -0.05) is 6.42 Å². The van der Waals surface area contributed by atoms with Crippen LogP contribution in [-0.4, -0.2) is 65.1 Å². The van der Waals surface area contributed by atoms with Crippen molar-refractivity contribution >= 4 is 0 Å². The van der Waals surface area contributed by atoms with Gasteiger partial charge in [-0.3, -0.25) is 0 Å². The molecule has 0 amide bonds. The van der Waals surface area contributed by atoms with E-state index in [1.165, 1.54) is 25.8 Å². The van der Waals surface area contributed by atoms with Gasteiger partial charge in [-0.2, -0.15) is 0 Å². The lowest BCUT2D eigenvalue weighted by Crippen LogP contribution is -2.30. The van der Waals surface area contributed by atoms with Crippen molar-refractivity contribution in [2.24, 2.45) is 0 Å². The number of hydrogen-bond acceptors (Lipinski definition) is 4. The van der Waals surface area contributed by atoms with E-state index in [1.54, 1.807) is 14.2 Å². The number of unbranched alkanes of at least 4 members (excludes halogenated alkanes) is 1. The van der Waals surface area contributed by atoms with E-state index in [9.17, 15) is 0 Å². The summed E-state index contributed by atoms with van der Waals surface area (Å²) in [7, 11) is 5.56. The van der Waals surface area contributed by atoms with Crippen LogP contribution in [0.15, 0.2) is 0 Å². The molecule has 0 fully saturated rings. The Labute approximate surface area is 113 Å². The van der Waals surface area contributed by atoms with Gasteiger partial charge >= 0.3 is 0 Å². The molecule has 1 unspecified atom stereocenters. The van der Waals surface area contributed by atoms with Crippen LogP contribution in [0.25, 0.3) is 0 Å². The lowest BCUT2D eigenvalue weighted by atomic mass is 10.1. The zero-order valence-corrected chi connectivity index (χ0v) is 12.7. The van der Waals surface area contributed by atoms with Gasteiger partial charge in [0.1, 0.15) is 0 Å². The van der Waals surface area contributed by atoms with E-state index in [2.05, 4.69) is 17.1 Å². The first-order valence-electron chi connectivity index (χ1n) is 7.12. The summed E-state index contributed by atoms with van der Waals surface area (Å²) in [6.07, 6.45) is 4.91. The first kappa shape index (κ1) is 17.8. The van der Waals surface area contributed by atoms with Crippen LogP contribution in [0.2, 0.25) is 0 Å². The summed E-state index contributed by atoms with van der Waals surface area (Å²) in [4.78, 5) is 2.48. The largest absolute Gasteiger partial charge is 0.385 e. The molecule has 1 atom stereocenters. The second kappa shape index (κ2) is 13.3. The topological polar surface area (TPSA) is 33.7 Å². The van der Waals surface area contributed by atoms with Crippen molar-refractivity contribution in [3.05, 3.63) is 0 Å². The third-order valence-electron chi connectivity index (χ3n) is 3.29. The Morgan fingerprint density at radius 1 is 0.944 bits per heavy atom. The molecule has 0 aliphatic heterocycles. The van der Waals surface area contributed by atoms with Crippen molar-refractivity contribution < 1.29 is 9.47 Å². The summed E-state index contributed by atoms with van der Waals surface area (Å²) in [5.74, 6) is 0. The minimum atomic E-state index is 0.630. The number of methoxy groups -OCH3 is 2. The standard InChI is InChI=1S/C14H32N2O2/c1-14(15-2)8-5-6-9-16(11-13-18-4)10-7-12-17-3/h14-15H,5-13H2,1-4H3. The SMILES string of the molecule is CNC(C)CCCCN(CCCOC)CCOC. The molecule has 110 valence electrons. The molecule has 0 aliphatic rings. The van der Waals surface area contributed by atoms with Gasteiger partial charge in [0.2, 0.25) is 0 Å². The second-order valence-corrected chi connectivity index (χ2v) is 4.87. The van der Waals surface area contributed by atoms with Gasteiger partial charge in [-0.05, 0) is 39.8 Å². The van der Waals surface area contributed by atoms with Crippen LogP contribution in [0.5, 0.6) is 0 Å². The molecule has 0 aromatic rings.